The van der Waals surface area contributed by atoms with Crippen LogP contribution in [0.1, 0.15) is 0 Å². The van der Waals surface area contributed by atoms with Crippen molar-refractivity contribution in [2.75, 3.05) is 18.5 Å². The number of hydrogen-bond acceptors (Lipinski definition) is 6. The predicted octanol–water partition coefficient (Wildman–Crippen LogP) is 1.22. The van der Waals surface area contributed by atoms with Crippen LogP contribution in [0, 0.1) is 0 Å². The largest absolute Gasteiger partial charge is 0.491 e. The number of para-hydroxylation sites is 1. The second-order valence-electron chi connectivity index (χ2n) is 5.41. The Morgan fingerprint density at radius 3 is 2.62 bits per heavy atom. The smallest absolute Gasteiger partial charge is 0.319 e. The molecule has 3 rings (SSSR count). The second-order valence-corrected chi connectivity index (χ2v) is 5.41. The van der Waals surface area contributed by atoms with Gasteiger partial charge in [-0.1, -0.05) is 18.2 Å². The molecule has 2 amide bonds. The summed E-state index contributed by atoms with van der Waals surface area (Å²) >= 11 is 0. The molecule has 1 heterocycles. The Morgan fingerprint density at radius 1 is 1.15 bits per heavy atom. The normalized spacial score (nSPS) is 11.6. The summed E-state index contributed by atoms with van der Waals surface area (Å²) in [6.45, 7) is 0.159. The van der Waals surface area contributed by atoms with Crippen LogP contribution in [0.15, 0.2) is 60.9 Å². The van der Waals surface area contributed by atoms with E-state index >= 15 is 0 Å². The lowest BCUT2D eigenvalue weighted by Gasteiger charge is -2.14. The molecule has 2 aromatic carbocycles. The number of benzene rings is 2. The van der Waals surface area contributed by atoms with Crippen LogP contribution in [0.2, 0.25) is 0 Å². The SMILES string of the molecule is O=C(NCC(O)COc1ccccc1)Nc1ccc(-n2cnnn2)cc1. The first-order valence-corrected chi connectivity index (χ1v) is 7.95. The molecule has 0 aliphatic carbocycles. The van der Waals surface area contributed by atoms with E-state index in [-0.39, 0.29) is 13.2 Å². The van der Waals surface area contributed by atoms with Crippen LogP contribution in [-0.2, 0) is 0 Å². The molecule has 0 aliphatic rings. The molecule has 134 valence electrons. The number of tetrazole rings is 1. The third-order valence-electron chi connectivity index (χ3n) is 3.42. The Kier molecular flexibility index (Phi) is 5.73. The number of rotatable bonds is 7. The summed E-state index contributed by atoms with van der Waals surface area (Å²) in [5, 5.41) is 26.1. The fourth-order valence-corrected chi connectivity index (χ4v) is 2.13. The molecular formula is C17H18N6O3. The van der Waals surface area contributed by atoms with Crippen molar-refractivity contribution in [1.29, 1.82) is 0 Å². The average molecular weight is 354 g/mol. The van der Waals surface area contributed by atoms with Gasteiger partial charge in [-0.25, -0.2) is 9.48 Å². The van der Waals surface area contributed by atoms with E-state index in [4.69, 9.17) is 4.74 Å². The molecular weight excluding hydrogens is 336 g/mol. The lowest BCUT2D eigenvalue weighted by Crippen LogP contribution is -2.37. The molecule has 0 radical (unpaired) electrons. The van der Waals surface area contributed by atoms with E-state index in [0.29, 0.717) is 11.4 Å². The van der Waals surface area contributed by atoms with E-state index < -0.39 is 12.1 Å². The van der Waals surface area contributed by atoms with Crippen LogP contribution in [0.3, 0.4) is 0 Å². The highest BCUT2D eigenvalue weighted by molar-refractivity contribution is 5.89. The van der Waals surface area contributed by atoms with Crippen LogP contribution < -0.4 is 15.4 Å². The third-order valence-corrected chi connectivity index (χ3v) is 3.42. The number of urea groups is 1. The topological polar surface area (TPSA) is 114 Å². The molecule has 0 aliphatic heterocycles. The van der Waals surface area contributed by atoms with Gasteiger partial charge in [0.15, 0.2) is 0 Å². The summed E-state index contributed by atoms with van der Waals surface area (Å²) < 4.78 is 6.93. The number of carbonyl (C=O) groups excluding carboxylic acids is 1. The third kappa shape index (κ3) is 5.02. The molecule has 0 bridgehead atoms. The Morgan fingerprint density at radius 2 is 1.92 bits per heavy atom. The number of hydrogen-bond donors (Lipinski definition) is 3. The summed E-state index contributed by atoms with van der Waals surface area (Å²) in [5.41, 5.74) is 1.38. The molecule has 1 unspecified atom stereocenters. The first kappa shape index (κ1) is 17.4. The molecule has 0 fully saturated rings. The Balaban J connectivity index is 1.41. The lowest BCUT2D eigenvalue weighted by atomic mass is 10.3. The molecule has 0 spiro atoms. The van der Waals surface area contributed by atoms with Crippen LogP contribution >= 0.6 is 0 Å². The van der Waals surface area contributed by atoms with Crippen molar-refractivity contribution in [1.82, 2.24) is 25.5 Å². The van der Waals surface area contributed by atoms with E-state index in [2.05, 4.69) is 26.2 Å². The van der Waals surface area contributed by atoms with Crippen molar-refractivity contribution >= 4 is 11.7 Å². The van der Waals surface area contributed by atoms with Crippen molar-refractivity contribution in [3.05, 3.63) is 60.9 Å². The molecule has 26 heavy (non-hydrogen) atoms. The Hall–Kier alpha value is -3.46. The van der Waals surface area contributed by atoms with E-state index in [9.17, 15) is 9.90 Å². The minimum Gasteiger partial charge on any atom is -0.491 e. The fraction of sp³-hybridized carbons (Fsp3) is 0.176. The summed E-state index contributed by atoms with van der Waals surface area (Å²) in [6.07, 6.45) is 0.664. The number of amides is 2. The maximum atomic E-state index is 11.9. The Labute approximate surface area is 149 Å². The highest BCUT2D eigenvalue weighted by Crippen LogP contribution is 2.12. The maximum Gasteiger partial charge on any atom is 0.319 e. The van der Waals surface area contributed by atoms with Gasteiger partial charge in [-0.3, -0.25) is 0 Å². The molecule has 0 saturated carbocycles. The number of ether oxygens (including phenoxy) is 1. The zero-order chi connectivity index (χ0) is 18.2. The van der Waals surface area contributed by atoms with Crippen molar-refractivity contribution in [3.63, 3.8) is 0 Å². The number of anilines is 1. The van der Waals surface area contributed by atoms with Crippen molar-refractivity contribution < 1.29 is 14.6 Å². The van der Waals surface area contributed by atoms with Crippen molar-refractivity contribution in [2.24, 2.45) is 0 Å². The van der Waals surface area contributed by atoms with Gasteiger partial charge < -0.3 is 20.5 Å². The van der Waals surface area contributed by atoms with Crippen LogP contribution in [0.25, 0.3) is 5.69 Å². The van der Waals surface area contributed by atoms with Gasteiger partial charge in [-0.05, 0) is 46.8 Å². The zero-order valence-corrected chi connectivity index (χ0v) is 13.8. The number of aliphatic hydroxyl groups is 1. The molecule has 0 saturated heterocycles. The molecule has 3 N–H and O–H groups in total. The molecule has 1 atom stereocenters. The minimum absolute atomic E-state index is 0.0708. The van der Waals surface area contributed by atoms with Crippen molar-refractivity contribution in [3.8, 4) is 11.4 Å². The standard InChI is InChI=1S/C17H18N6O3/c24-15(11-26-16-4-2-1-3-5-16)10-18-17(25)20-13-6-8-14(9-7-13)23-12-19-21-22-23/h1-9,12,15,24H,10-11H2,(H2,18,20,25). The van der Waals surface area contributed by atoms with Crippen molar-refractivity contribution in [2.45, 2.75) is 6.10 Å². The number of nitrogens with one attached hydrogen (secondary N) is 2. The first-order valence-electron chi connectivity index (χ1n) is 7.95. The summed E-state index contributed by atoms with van der Waals surface area (Å²) in [4.78, 5) is 11.9. The zero-order valence-electron chi connectivity index (χ0n) is 13.8. The number of aliphatic hydroxyl groups excluding tert-OH is 1. The van der Waals surface area contributed by atoms with Gasteiger partial charge in [0.05, 0.1) is 5.69 Å². The summed E-state index contributed by atoms with van der Waals surface area (Å²) in [6, 6.07) is 15.7. The van der Waals surface area contributed by atoms with Gasteiger partial charge in [-0.2, -0.15) is 0 Å². The van der Waals surface area contributed by atoms with Crippen LogP contribution in [0.5, 0.6) is 5.75 Å². The monoisotopic (exact) mass is 354 g/mol. The van der Waals surface area contributed by atoms with E-state index in [1.807, 2.05) is 18.2 Å². The quantitative estimate of drug-likeness (QED) is 0.588. The fourth-order valence-electron chi connectivity index (χ4n) is 2.13. The average Bonchev–Trinajstić information content (AvgIpc) is 3.21. The second kappa shape index (κ2) is 8.58. The van der Waals surface area contributed by atoms with Gasteiger partial charge in [0.2, 0.25) is 0 Å². The van der Waals surface area contributed by atoms with Gasteiger partial charge in [0.1, 0.15) is 24.8 Å². The lowest BCUT2D eigenvalue weighted by molar-refractivity contribution is 0.108. The highest BCUT2D eigenvalue weighted by atomic mass is 16.5. The van der Waals surface area contributed by atoms with Gasteiger partial charge in [0, 0.05) is 12.2 Å². The van der Waals surface area contributed by atoms with Crippen LogP contribution in [0.4, 0.5) is 10.5 Å². The molecule has 1 aromatic heterocycles. The van der Waals surface area contributed by atoms with Gasteiger partial charge in [-0.15, -0.1) is 5.10 Å². The molecule has 3 aromatic rings. The van der Waals surface area contributed by atoms with E-state index in [1.54, 1.807) is 36.4 Å². The number of nitrogens with zero attached hydrogens (tertiary/aromatic N) is 4. The summed E-state index contributed by atoms with van der Waals surface area (Å²) in [7, 11) is 0. The maximum absolute atomic E-state index is 11.9. The molecule has 9 nitrogen and oxygen atoms in total. The minimum atomic E-state index is -0.817. The Bertz CT molecular complexity index is 808. The number of aromatic nitrogens is 4. The van der Waals surface area contributed by atoms with Gasteiger partial charge >= 0.3 is 6.03 Å². The van der Waals surface area contributed by atoms with Crippen LogP contribution in [-0.4, -0.2) is 50.6 Å². The summed E-state index contributed by atoms with van der Waals surface area (Å²) in [5.74, 6) is 0.665. The predicted molar refractivity (Wildman–Crippen MR) is 94.1 cm³/mol. The van der Waals surface area contributed by atoms with E-state index in [0.717, 1.165) is 5.69 Å². The first-order chi connectivity index (χ1) is 12.7. The number of carbonyl (C=O) groups is 1. The molecule has 9 heteroatoms. The van der Waals surface area contributed by atoms with Gasteiger partial charge in [0.25, 0.3) is 0 Å². The van der Waals surface area contributed by atoms with E-state index in [1.165, 1.54) is 11.0 Å². The highest BCUT2D eigenvalue weighted by Gasteiger charge is 2.08.